The summed E-state index contributed by atoms with van der Waals surface area (Å²) < 4.78 is 0.793. The van der Waals surface area contributed by atoms with Crippen molar-refractivity contribution in [2.45, 2.75) is 12.8 Å². The van der Waals surface area contributed by atoms with Crippen LogP contribution in [-0.4, -0.2) is 19.5 Å². The number of carbonyl (C=O) groups is 1. The smallest absolute Gasteiger partial charge is 0.224 e. The molecule has 0 spiro atoms. The monoisotopic (exact) mass is 304 g/mol. The summed E-state index contributed by atoms with van der Waals surface area (Å²) in [4.78, 5) is 11.5. The van der Waals surface area contributed by atoms with Crippen LogP contribution in [-0.2, 0) is 4.79 Å². The largest absolute Gasteiger partial charge is 0.325 e. The average Bonchev–Trinajstić information content (AvgIpc) is 2.23. The van der Waals surface area contributed by atoms with E-state index >= 15 is 0 Å². The first-order valence-electron chi connectivity index (χ1n) is 5.03. The van der Waals surface area contributed by atoms with Crippen LogP contribution in [0.3, 0.4) is 0 Å². The number of rotatable bonds is 5. The third kappa shape index (κ3) is 4.51. The van der Waals surface area contributed by atoms with E-state index in [1.807, 2.05) is 7.05 Å². The van der Waals surface area contributed by atoms with E-state index in [4.69, 9.17) is 11.6 Å². The second-order valence-electron chi connectivity index (χ2n) is 3.38. The number of nitrogens with one attached hydrogen (secondary N) is 2. The van der Waals surface area contributed by atoms with Crippen LogP contribution in [0.1, 0.15) is 12.8 Å². The molecule has 0 saturated heterocycles. The summed E-state index contributed by atoms with van der Waals surface area (Å²) >= 11 is 9.15. The van der Waals surface area contributed by atoms with Crippen molar-refractivity contribution >= 4 is 39.1 Å². The lowest BCUT2D eigenvalue weighted by Gasteiger charge is -2.07. The Morgan fingerprint density at radius 1 is 1.50 bits per heavy atom. The van der Waals surface area contributed by atoms with Crippen LogP contribution in [0.4, 0.5) is 5.69 Å². The molecule has 1 amide bonds. The van der Waals surface area contributed by atoms with E-state index in [0.717, 1.165) is 23.1 Å². The summed E-state index contributed by atoms with van der Waals surface area (Å²) in [5.74, 6) is 0.0123. The predicted molar refractivity (Wildman–Crippen MR) is 70.9 cm³/mol. The summed E-state index contributed by atoms with van der Waals surface area (Å²) in [5.41, 5.74) is 0.749. The van der Waals surface area contributed by atoms with Crippen LogP contribution in [0.15, 0.2) is 22.7 Å². The minimum absolute atomic E-state index is 0.0123. The Labute approximate surface area is 109 Å². The maximum atomic E-state index is 11.5. The van der Waals surface area contributed by atoms with Gasteiger partial charge in [-0.15, -0.1) is 0 Å². The van der Waals surface area contributed by atoms with Gasteiger partial charge in [0.2, 0.25) is 5.91 Å². The molecular formula is C11H14BrClN2O. The first-order valence-corrected chi connectivity index (χ1v) is 6.20. The molecule has 0 aromatic heterocycles. The minimum Gasteiger partial charge on any atom is -0.325 e. The number of anilines is 1. The van der Waals surface area contributed by atoms with Gasteiger partial charge in [-0.05, 0) is 54.1 Å². The Balaban J connectivity index is 2.49. The summed E-state index contributed by atoms with van der Waals surface area (Å²) in [6.07, 6.45) is 1.34. The predicted octanol–water partition coefficient (Wildman–Crippen LogP) is 3.04. The van der Waals surface area contributed by atoms with Gasteiger partial charge in [0.1, 0.15) is 0 Å². The van der Waals surface area contributed by atoms with Crippen molar-refractivity contribution in [2.24, 2.45) is 0 Å². The number of halogens is 2. The van der Waals surface area contributed by atoms with E-state index < -0.39 is 0 Å². The third-order valence-corrected chi connectivity index (χ3v) is 2.93. The standard InChI is InChI=1S/C11H14BrClN2O/c1-14-6-2-3-11(16)15-10-5-4-8(13)7-9(10)12/h4-5,7,14H,2-3,6H2,1H3,(H,15,16). The summed E-state index contributed by atoms with van der Waals surface area (Å²) in [7, 11) is 1.87. The van der Waals surface area contributed by atoms with Gasteiger partial charge in [-0.25, -0.2) is 0 Å². The van der Waals surface area contributed by atoms with E-state index in [1.54, 1.807) is 18.2 Å². The minimum atomic E-state index is 0.0123. The van der Waals surface area contributed by atoms with Crippen molar-refractivity contribution in [3.63, 3.8) is 0 Å². The molecule has 0 fully saturated rings. The molecule has 88 valence electrons. The summed E-state index contributed by atoms with van der Waals surface area (Å²) in [5, 5.41) is 6.46. The molecule has 0 radical (unpaired) electrons. The van der Waals surface area contributed by atoms with Crippen molar-refractivity contribution in [1.82, 2.24) is 5.32 Å². The van der Waals surface area contributed by atoms with Crippen LogP contribution < -0.4 is 10.6 Å². The highest BCUT2D eigenvalue weighted by Crippen LogP contribution is 2.25. The molecule has 0 saturated carbocycles. The molecular weight excluding hydrogens is 291 g/mol. The number of hydrogen-bond acceptors (Lipinski definition) is 2. The fourth-order valence-electron chi connectivity index (χ4n) is 1.23. The van der Waals surface area contributed by atoms with Crippen molar-refractivity contribution in [1.29, 1.82) is 0 Å². The zero-order valence-corrected chi connectivity index (χ0v) is 11.4. The van der Waals surface area contributed by atoms with Crippen LogP contribution in [0, 0.1) is 0 Å². The lowest BCUT2D eigenvalue weighted by atomic mass is 10.2. The number of hydrogen-bond donors (Lipinski definition) is 2. The molecule has 5 heteroatoms. The number of amides is 1. The highest BCUT2D eigenvalue weighted by atomic mass is 79.9. The molecule has 1 aromatic carbocycles. The highest BCUT2D eigenvalue weighted by molar-refractivity contribution is 9.10. The zero-order valence-electron chi connectivity index (χ0n) is 9.02. The fourth-order valence-corrected chi connectivity index (χ4v) is 2.01. The quantitative estimate of drug-likeness (QED) is 0.821. The molecule has 0 aliphatic heterocycles. The Kier molecular flexibility index (Phi) is 5.80. The van der Waals surface area contributed by atoms with Crippen molar-refractivity contribution in [3.05, 3.63) is 27.7 Å². The molecule has 0 bridgehead atoms. The van der Waals surface area contributed by atoms with Gasteiger partial charge in [-0.2, -0.15) is 0 Å². The van der Waals surface area contributed by atoms with Crippen LogP contribution in [0.2, 0.25) is 5.02 Å². The fraction of sp³-hybridized carbons (Fsp3) is 0.364. The van der Waals surface area contributed by atoms with Gasteiger partial charge in [0.25, 0.3) is 0 Å². The Hall–Kier alpha value is -0.580. The van der Waals surface area contributed by atoms with Gasteiger partial charge >= 0.3 is 0 Å². The summed E-state index contributed by atoms with van der Waals surface area (Å²) in [6, 6.07) is 5.28. The number of carbonyl (C=O) groups excluding carboxylic acids is 1. The van der Waals surface area contributed by atoms with Gasteiger partial charge < -0.3 is 10.6 Å². The molecule has 16 heavy (non-hydrogen) atoms. The molecule has 1 aromatic rings. The second-order valence-corrected chi connectivity index (χ2v) is 4.67. The SMILES string of the molecule is CNCCCC(=O)Nc1ccc(Cl)cc1Br. The van der Waals surface area contributed by atoms with Gasteiger partial charge in [0.15, 0.2) is 0 Å². The maximum Gasteiger partial charge on any atom is 0.224 e. The molecule has 3 nitrogen and oxygen atoms in total. The highest BCUT2D eigenvalue weighted by Gasteiger charge is 2.05. The van der Waals surface area contributed by atoms with E-state index in [0.29, 0.717) is 11.4 Å². The maximum absolute atomic E-state index is 11.5. The first-order chi connectivity index (χ1) is 7.63. The van der Waals surface area contributed by atoms with Gasteiger partial charge in [0.05, 0.1) is 5.69 Å². The lowest BCUT2D eigenvalue weighted by Crippen LogP contribution is -2.15. The Morgan fingerprint density at radius 3 is 2.88 bits per heavy atom. The molecule has 0 aliphatic carbocycles. The van der Waals surface area contributed by atoms with Crippen molar-refractivity contribution < 1.29 is 4.79 Å². The molecule has 0 unspecified atom stereocenters. The van der Waals surface area contributed by atoms with E-state index in [1.165, 1.54) is 0 Å². The van der Waals surface area contributed by atoms with Crippen LogP contribution in [0.5, 0.6) is 0 Å². The molecule has 0 aliphatic rings. The zero-order chi connectivity index (χ0) is 12.0. The van der Waals surface area contributed by atoms with Gasteiger partial charge in [-0.3, -0.25) is 4.79 Å². The molecule has 1 rings (SSSR count). The topological polar surface area (TPSA) is 41.1 Å². The molecule has 0 heterocycles. The third-order valence-electron chi connectivity index (χ3n) is 2.04. The lowest BCUT2D eigenvalue weighted by molar-refractivity contribution is -0.116. The summed E-state index contributed by atoms with van der Waals surface area (Å²) in [6.45, 7) is 0.842. The van der Waals surface area contributed by atoms with E-state index in [9.17, 15) is 4.79 Å². The van der Waals surface area contributed by atoms with Crippen molar-refractivity contribution in [2.75, 3.05) is 18.9 Å². The number of benzene rings is 1. The normalized spacial score (nSPS) is 10.2. The average molecular weight is 306 g/mol. The van der Waals surface area contributed by atoms with Crippen LogP contribution >= 0.6 is 27.5 Å². The van der Waals surface area contributed by atoms with Gasteiger partial charge in [0, 0.05) is 15.9 Å². The van der Waals surface area contributed by atoms with E-state index in [2.05, 4.69) is 26.6 Å². The van der Waals surface area contributed by atoms with Crippen LogP contribution in [0.25, 0.3) is 0 Å². The van der Waals surface area contributed by atoms with E-state index in [-0.39, 0.29) is 5.91 Å². The van der Waals surface area contributed by atoms with Crippen molar-refractivity contribution in [3.8, 4) is 0 Å². The molecule has 2 N–H and O–H groups in total. The Morgan fingerprint density at radius 2 is 2.25 bits per heavy atom. The first kappa shape index (κ1) is 13.5. The second kappa shape index (κ2) is 6.89. The molecule has 0 atom stereocenters. The Bertz CT molecular complexity index is 371. The van der Waals surface area contributed by atoms with Gasteiger partial charge in [-0.1, -0.05) is 11.6 Å².